The average Bonchev–Trinajstić information content (AvgIpc) is 2.98. The molecule has 2 rings (SSSR count). The fraction of sp³-hybridized carbons (Fsp3) is 0.333. The standard InChI is InChI=1S/C12H15N3O2/c1-2-6-13-12(16)11-5-4-10(17-11)9-15-8-3-7-14-15/h3-5,7-8H,2,6,9H2,1H3,(H,13,16). The van der Waals surface area contributed by atoms with E-state index < -0.39 is 0 Å². The van der Waals surface area contributed by atoms with E-state index in [1.165, 1.54) is 0 Å². The molecule has 0 atom stereocenters. The van der Waals surface area contributed by atoms with Crippen molar-refractivity contribution < 1.29 is 9.21 Å². The van der Waals surface area contributed by atoms with Gasteiger partial charge in [-0.1, -0.05) is 6.92 Å². The quantitative estimate of drug-likeness (QED) is 0.854. The number of hydrogen-bond donors (Lipinski definition) is 1. The molecule has 1 N–H and O–H groups in total. The number of hydrogen-bond acceptors (Lipinski definition) is 3. The van der Waals surface area contributed by atoms with Crippen LogP contribution in [-0.2, 0) is 6.54 Å². The van der Waals surface area contributed by atoms with Gasteiger partial charge >= 0.3 is 0 Å². The Morgan fingerprint density at radius 1 is 1.53 bits per heavy atom. The second kappa shape index (κ2) is 5.34. The molecule has 0 radical (unpaired) electrons. The highest BCUT2D eigenvalue weighted by Crippen LogP contribution is 2.09. The molecule has 0 bridgehead atoms. The summed E-state index contributed by atoms with van der Waals surface area (Å²) in [7, 11) is 0. The molecule has 0 fully saturated rings. The predicted molar refractivity (Wildman–Crippen MR) is 62.7 cm³/mol. The Bertz CT molecular complexity index is 474. The Hall–Kier alpha value is -2.04. The minimum Gasteiger partial charge on any atom is -0.454 e. The average molecular weight is 233 g/mol. The van der Waals surface area contributed by atoms with Crippen molar-refractivity contribution in [1.29, 1.82) is 0 Å². The van der Waals surface area contributed by atoms with Gasteiger partial charge in [-0.15, -0.1) is 0 Å². The van der Waals surface area contributed by atoms with Gasteiger partial charge in [-0.2, -0.15) is 5.10 Å². The SMILES string of the molecule is CCCNC(=O)c1ccc(Cn2cccn2)o1. The summed E-state index contributed by atoms with van der Waals surface area (Å²) in [5, 5.41) is 6.84. The van der Waals surface area contributed by atoms with Gasteiger partial charge in [0, 0.05) is 18.9 Å². The van der Waals surface area contributed by atoms with Crippen molar-refractivity contribution in [3.05, 3.63) is 42.1 Å². The van der Waals surface area contributed by atoms with Crippen molar-refractivity contribution in [3.8, 4) is 0 Å². The molecule has 2 heterocycles. The summed E-state index contributed by atoms with van der Waals surface area (Å²) in [4.78, 5) is 11.6. The van der Waals surface area contributed by atoms with E-state index in [0.717, 1.165) is 12.2 Å². The van der Waals surface area contributed by atoms with Gasteiger partial charge in [-0.25, -0.2) is 0 Å². The van der Waals surface area contributed by atoms with Crippen molar-refractivity contribution in [2.24, 2.45) is 0 Å². The van der Waals surface area contributed by atoms with Crippen molar-refractivity contribution in [2.75, 3.05) is 6.54 Å². The Labute approximate surface area is 99.4 Å². The molecule has 2 aromatic heterocycles. The van der Waals surface area contributed by atoms with Gasteiger partial charge in [0.25, 0.3) is 5.91 Å². The zero-order chi connectivity index (χ0) is 12.1. The number of rotatable bonds is 5. The van der Waals surface area contributed by atoms with Crippen LogP contribution >= 0.6 is 0 Å². The minimum absolute atomic E-state index is 0.168. The van der Waals surface area contributed by atoms with E-state index in [-0.39, 0.29) is 5.91 Å². The maximum absolute atomic E-state index is 11.6. The van der Waals surface area contributed by atoms with E-state index in [2.05, 4.69) is 10.4 Å². The van der Waals surface area contributed by atoms with Gasteiger partial charge < -0.3 is 9.73 Å². The number of carbonyl (C=O) groups is 1. The summed E-state index contributed by atoms with van der Waals surface area (Å²) in [5.41, 5.74) is 0. The molecule has 0 unspecified atom stereocenters. The van der Waals surface area contributed by atoms with Crippen LogP contribution in [0.5, 0.6) is 0 Å². The maximum Gasteiger partial charge on any atom is 0.286 e. The summed E-state index contributed by atoms with van der Waals surface area (Å²) >= 11 is 0. The molecule has 0 spiro atoms. The molecule has 90 valence electrons. The Kier molecular flexibility index (Phi) is 3.59. The fourth-order valence-corrected chi connectivity index (χ4v) is 1.46. The van der Waals surface area contributed by atoms with Crippen LogP contribution in [0.25, 0.3) is 0 Å². The molecule has 0 aliphatic rings. The van der Waals surface area contributed by atoms with Crippen LogP contribution in [0.2, 0.25) is 0 Å². The highest BCUT2D eigenvalue weighted by molar-refractivity contribution is 5.91. The molecular formula is C12H15N3O2. The topological polar surface area (TPSA) is 60.1 Å². The van der Waals surface area contributed by atoms with Crippen LogP contribution in [0.4, 0.5) is 0 Å². The summed E-state index contributed by atoms with van der Waals surface area (Å²) in [6, 6.07) is 5.32. The third-order valence-corrected chi connectivity index (χ3v) is 2.30. The zero-order valence-corrected chi connectivity index (χ0v) is 9.72. The number of amides is 1. The van der Waals surface area contributed by atoms with Gasteiger partial charge in [-0.05, 0) is 24.6 Å². The van der Waals surface area contributed by atoms with Crippen LogP contribution in [0.3, 0.4) is 0 Å². The summed E-state index contributed by atoms with van der Waals surface area (Å²) in [6.45, 7) is 3.20. The van der Waals surface area contributed by atoms with Gasteiger partial charge in [0.1, 0.15) is 5.76 Å². The second-order valence-corrected chi connectivity index (χ2v) is 3.73. The lowest BCUT2D eigenvalue weighted by Gasteiger charge is -2.00. The van der Waals surface area contributed by atoms with Crippen molar-refractivity contribution >= 4 is 5.91 Å². The first-order valence-corrected chi connectivity index (χ1v) is 5.64. The normalized spacial score (nSPS) is 10.4. The summed E-state index contributed by atoms with van der Waals surface area (Å²) in [6.07, 6.45) is 4.46. The van der Waals surface area contributed by atoms with E-state index in [9.17, 15) is 4.79 Å². The third kappa shape index (κ3) is 2.96. The maximum atomic E-state index is 11.6. The lowest BCUT2D eigenvalue weighted by atomic mass is 10.4. The number of aromatic nitrogens is 2. The van der Waals surface area contributed by atoms with Gasteiger partial charge in [0.05, 0.1) is 6.54 Å². The van der Waals surface area contributed by atoms with E-state index in [4.69, 9.17) is 4.42 Å². The largest absolute Gasteiger partial charge is 0.454 e. The minimum atomic E-state index is -0.168. The number of furan rings is 1. The molecule has 5 heteroatoms. The van der Waals surface area contributed by atoms with E-state index >= 15 is 0 Å². The number of nitrogens with one attached hydrogen (secondary N) is 1. The Balaban J connectivity index is 1.98. The van der Waals surface area contributed by atoms with E-state index in [1.807, 2.05) is 19.2 Å². The first kappa shape index (κ1) is 11.4. The van der Waals surface area contributed by atoms with Crippen molar-refractivity contribution in [1.82, 2.24) is 15.1 Å². The molecule has 17 heavy (non-hydrogen) atoms. The Morgan fingerprint density at radius 3 is 3.12 bits per heavy atom. The molecule has 0 saturated carbocycles. The molecule has 0 saturated heterocycles. The highest BCUT2D eigenvalue weighted by Gasteiger charge is 2.10. The first-order valence-electron chi connectivity index (χ1n) is 5.64. The van der Waals surface area contributed by atoms with E-state index in [0.29, 0.717) is 18.8 Å². The second-order valence-electron chi connectivity index (χ2n) is 3.73. The molecule has 0 aliphatic carbocycles. The first-order chi connectivity index (χ1) is 8.29. The van der Waals surface area contributed by atoms with Crippen LogP contribution in [-0.4, -0.2) is 22.2 Å². The van der Waals surface area contributed by atoms with Crippen LogP contribution in [0.1, 0.15) is 29.7 Å². The molecule has 5 nitrogen and oxygen atoms in total. The monoisotopic (exact) mass is 233 g/mol. The van der Waals surface area contributed by atoms with Crippen molar-refractivity contribution in [2.45, 2.75) is 19.9 Å². The molecule has 2 aromatic rings. The van der Waals surface area contributed by atoms with Crippen LogP contribution < -0.4 is 5.32 Å². The lowest BCUT2D eigenvalue weighted by molar-refractivity contribution is 0.0924. The van der Waals surface area contributed by atoms with Crippen LogP contribution in [0, 0.1) is 0 Å². The predicted octanol–water partition coefficient (Wildman–Crippen LogP) is 1.66. The summed E-state index contributed by atoms with van der Waals surface area (Å²) < 4.78 is 7.19. The smallest absolute Gasteiger partial charge is 0.286 e. The molecule has 0 aliphatic heterocycles. The van der Waals surface area contributed by atoms with Crippen molar-refractivity contribution in [3.63, 3.8) is 0 Å². The summed E-state index contributed by atoms with van der Waals surface area (Å²) in [5.74, 6) is 0.898. The van der Waals surface area contributed by atoms with Gasteiger partial charge in [0.15, 0.2) is 5.76 Å². The van der Waals surface area contributed by atoms with E-state index in [1.54, 1.807) is 23.0 Å². The third-order valence-electron chi connectivity index (χ3n) is 2.30. The number of carbonyl (C=O) groups excluding carboxylic acids is 1. The van der Waals surface area contributed by atoms with Gasteiger partial charge in [0.2, 0.25) is 0 Å². The zero-order valence-electron chi connectivity index (χ0n) is 9.72. The molecule has 1 amide bonds. The van der Waals surface area contributed by atoms with Crippen LogP contribution in [0.15, 0.2) is 35.0 Å². The molecular weight excluding hydrogens is 218 g/mol. The fourth-order valence-electron chi connectivity index (χ4n) is 1.46. The molecule has 0 aromatic carbocycles. The number of nitrogens with zero attached hydrogens (tertiary/aromatic N) is 2. The van der Waals surface area contributed by atoms with Gasteiger partial charge in [-0.3, -0.25) is 9.48 Å². The highest BCUT2D eigenvalue weighted by atomic mass is 16.4. The lowest BCUT2D eigenvalue weighted by Crippen LogP contribution is -2.23. The Morgan fingerprint density at radius 2 is 2.41 bits per heavy atom.